The third kappa shape index (κ3) is 4.92. The molecule has 2 aliphatic heterocycles. The van der Waals surface area contributed by atoms with E-state index in [2.05, 4.69) is 25.8 Å². The molecular weight excluding hydrogens is 304 g/mol. The second-order valence-corrected chi connectivity index (χ2v) is 6.93. The average molecular weight is 332 g/mol. The van der Waals surface area contributed by atoms with Gasteiger partial charge >= 0.3 is 5.97 Å². The van der Waals surface area contributed by atoms with Crippen molar-refractivity contribution in [2.45, 2.75) is 19.3 Å². The Morgan fingerprint density at radius 3 is 2.71 bits per heavy atom. The molecule has 0 amide bonds. The topological polar surface area (TPSA) is 59.9 Å². The van der Waals surface area contributed by atoms with Gasteiger partial charge < -0.3 is 14.9 Å². The fraction of sp³-hybridized carbons (Fsp3) is 0.667. The minimum Gasteiger partial charge on any atom is -0.481 e. The molecule has 0 aliphatic carbocycles. The van der Waals surface area contributed by atoms with Gasteiger partial charge in [-0.2, -0.15) is 0 Å². The van der Waals surface area contributed by atoms with Crippen LogP contribution in [0, 0.1) is 5.92 Å². The van der Waals surface area contributed by atoms with Gasteiger partial charge in [0.25, 0.3) is 0 Å². The largest absolute Gasteiger partial charge is 0.481 e. The summed E-state index contributed by atoms with van der Waals surface area (Å²) in [6.07, 6.45) is 4.58. The van der Waals surface area contributed by atoms with Gasteiger partial charge in [0, 0.05) is 52.0 Å². The summed E-state index contributed by atoms with van der Waals surface area (Å²) in [6.45, 7) is 8.17. The Balaban J connectivity index is 1.41. The fourth-order valence-corrected chi connectivity index (χ4v) is 3.82. The Bertz CT molecular complexity index is 517. The van der Waals surface area contributed by atoms with Gasteiger partial charge in [-0.25, -0.2) is 4.98 Å². The van der Waals surface area contributed by atoms with E-state index in [0.717, 1.165) is 51.6 Å². The van der Waals surface area contributed by atoms with E-state index in [9.17, 15) is 4.79 Å². The first-order valence-electron chi connectivity index (χ1n) is 9.03. The normalized spacial score (nSPS) is 23.3. The van der Waals surface area contributed by atoms with E-state index in [1.807, 2.05) is 18.3 Å². The first kappa shape index (κ1) is 17.2. The van der Waals surface area contributed by atoms with Crippen molar-refractivity contribution in [3.63, 3.8) is 0 Å². The van der Waals surface area contributed by atoms with Crippen LogP contribution >= 0.6 is 0 Å². The van der Waals surface area contributed by atoms with Gasteiger partial charge in [-0.15, -0.1) is 0 Å². The number of hydrogen-bond donors (Lipinski definition) is 1. The number of anilines is 1. The number of carboxylic acids is 1. The molecule has 3 rings (SSSR count). The molecule has 0 radical (unpaired) electrons. The van der Waals surface area contributed by atoms with Crippen LogP contribution in [0.15, 0.2) is 24.4 Å². The molecule has 132 valence electrons. The molecule has 1 N–H and O–H groups in total. The van der Waals surface area contributed by atoms with Crippen LogP contribution in [-0.2, 0) is 4.79 Å². The Morgan fingerprint density at radius 2 is 2.00 bits per heavy atom. The molecule has 0 saturated carbocycles. The molecule has 3 heterocycles. The number of pyridine rings is 1. The Morgan fingerprint density at radius 1 is 1.17 bits per heavy atom. The van der Waals surface area contributed by atoms with Crippen molar-refractivity contribution in [3.8, 4) is 0 Å². The molecule has 6 heteroatoms. The van der Waals surface area contributed by atoms with Crippen molar-refractivity contribution < 1.29 is 9.90 Å². The van der Waals surface area contributed by atoms with Crippen LogP contribution < -0.4 is 4.90 Å². The highest BCUT2D eigenvalue weighted by Gasteiger charge is 2.24. The summed E-state index contributed by atoms with van der Waals surface area (Å²) in [5.74, 6) is 1.06. The number of aliphatic carboxylic acids is 1. The van der Waals surface area contributed by atoms with Crippen LogP contribution in [0.2, 0.25) is 0 Å². The summed E-state index contributed by atoms with van der Waals surface area (Å²) in [5.41, 5.74) is 0. The van der Waals surface area contributed by atoms with E-state index in [1.165, 1.54) is 12.8 Å². The third-order valence-electron chi connectivity index (χ3n) is 5.11. The molecule has 1 aromatic rings. The van der Waals surface area contributed by atoms with E-state index >= 15 is 0 Å². The zero-order valence-electron chi connectivity index (χ0n) is 14.3. The van der Waals surface area contributed by atoms with Crippen molar-refractivity contribution in [2.24, 2.45) is 5.92 Å². The first-order chi connectivity index (χ1) is 11.7. The Kier molecular flexibility index (Phi) is 6.04. The van der Waals surface area contributed by atoms with Crippen molar-refractivity contribution in [3.05, 3.63) is 24.4 Å². The smallest absolute Gasteiger partial charge is 0.304 e. The molecule has 1 atom stereocenters. The van der Waals surface area contributed by atoms with Gasteiger partial charge in [-0.1, -0.05) is 6.07 Å². The van der Waals surface area contributed by atoms with Crippen molar-refractivity contribution in [1.29, 1.82) is 0 Å². The van der Waals surface area contributed by atoms with E-state index in [0.29, 0.717) is 12.5 Å². The van der Waals surface area contributed by atoms with Gasteiger partial charge in [0.05, 0.1) is 6.42 Å². The number of piperidine rings is 1. The highest BCUT2D eigenvalue weighted by Crippen LogP contribution is 2.19. The van der Waals surface area contributed by atoms with Gasteiger partial charge in [0.15, 0.2) is 0 Å². The van der Waals surface area contributed by atoms with E-state index in [1.54, 1.807) is 0 Å². The summed E-state index contributed by atoms with van der Waals surface area (Å²) in [4.78, 5) is 22.4. The SMILES string of the molecule is O=C(O)CCN1CCC[C@H](CN2CCN(c3ccccn3)CC2)C1. The van der Waals surface area contributed by atoms with Crippen molar-refractivity contribution in [1.82, 2.24) is 14.8 Å². The maximum atomic E-state index is 10.7. The number of carboxylic acid groups (broad SMARTS) is 1. The summed E-state index contributed by atoms with van der Waals surface area (Å²) in [5, 5.41) is 8.85. The summed E-state index contributed by atoms with van der Waals surface area (Å²) < 4.78 is 0. The van der Waals surface area contributed by atoms with Crippen molar-refractivity contribution in [2.75, 3.05) is 57.3 Å². The second kappa shape index (κ2) is 8.44. The van der Waals surface area contributed by atoms with Gasteiger partial charge in [0.1, 0.15) is 5.82 Å². The van der Waals surface area contributed by atoms with Crippen LogP contribution in [0.4, 0.5) is 5.82 Å². The predicted molar refractivity (Wildman–Crippen MR) is 94.3 cm³/mol. The highest BCUT2D eigenvalue weighted by molar-refractivity contribution is 5.66. The maximum Gasteiger partial charge on any atom is 0.304 e. The fourth-order valence-electron chi connectivity index (χ4n) is 3.82. The molecule has 2 saturated heterocycles. The van der Waals surface area contributed by atoms with Gasteiger partial charge in [-0.3, -0.25) is 9.69 Å². The lowest BCUT2D eigenvalue weighted by Gasteiger charge is -2.39. The summed E-state index contributed by atoms with van der Waals surface area (Å²) in [6, 6.07) is 6.08. The number of piperazine rings is 1. The zero-order valence-corrected chi connectivity index (χ0v) is 14.3. The lowest BCUT2D eigenvalue weighted by atomic mass is 9.97. The van der Waals surface area contributed by atoms with Crippen molar-refractivity contribution >= 4 is 11.8 Å². The maximum absolute atomic E-state index is 10.7. The number of aromatic nitrogens is 1. The highest BCUT2D eigenvalue weighted by atomic mass is 16.4. The predicted octanol–water partition coefficient (Wildman–Crippen LogP) is 1.39. The molecule has 2 fully saturated rings. The molecule has 2 aliphatic rings. The first-order valence-corrected chi connectivity index (χ1v) is 9.03. The van der Waals surface area contributed by atoms with Gasteiger partial charge in [0.2, 0.25) is 0 Å². The average Bonchev–Trinajstić information content (AvgIpc) is 2.62. The summed E-state index contributed by atoms with van der Waals surface area (Å²) >= 11 is 0. The zero-order chi connectivity index (χ0) is 16.8. The standard InChI is InChI=1S/C18H28N4O2/c23-18(24)6-9-20-8-3-4-16(14-20)15-21-10-12-22(13-11-21)17-5-1-2-7-19-17/h1-2,5,7,16H,3-4,6,8-15H2,(H,23,24)/t16-/m0/s1. The lowest BCUT2D eigenvalue weighted by molar-refractivity contribution is -0.137. The monoisotopic (exact) mass is 332 g/mol. The summed E-state index contributed by atoms with van der Waals surface area (Å²) in [7, 11) is 0. The molecule has 0 spiro atoms. The number of carbonyl (C=O) groups is 1. The van der Waals surface area contributed by atoms with E-state index in [-0.39, 0.29) is 6.42 Å². The minimum atomic E-state index is -0.692. The third-order valence-corrected chi connectivity index (χ3v) is 5.11. The van der Waals surface area contributed by atoms with Crippen LogP contribution in [0.25, 0.3) is 0 Å². The molecule has 0 bridgehead atoms. The number of hydrogen-bond acceptors (Lipinski definition) is 5. The lowest BCUT2D eigenvalue weighted by Crippen LogP contribution is -2.50. The molecular formula is C18H28N4O2. The van der Waals surface area contributed by atoms with Gasteiger partial charge in [-0.05, 0) is 37.4 Å². The molecule has 0 unspecified atom stereocenters. The van der Waals surface area contributed by atoms with E-state index < -0.39 is 5.97 Å². The molecule has 1 aromatic heterocycles. The van der Waals surface area contributed by atoms with Crippen LogP contribution in [0.5, 0.6) is 0 Å². The Hall–Kier alpha value is -1.66. The second-order valence-electron chi connectivity index (χ2n) is 6.93. The molecule has 6 nitrogen and oxygen atoms in total. The Labute approximate surface area is 144 Å². The molecule has 0 aromatic carbocycles. The molecule has 24 heavy (non-hydrogen) atoms. The van der Waals surface area contributed by atoms with Crippen LogP contribution in [0.1, 0.15) is 19.3 Å². The quantitative estimate of drug-likeness (QED) is 0.849. The number of nitrogens with zero attached hydrogens (tertiary/aromatic N) is 4. The van der Waals surface area contributed by atoms with Crippen LogP contribution in [-0.4, -0.2) is 78.2 Å². The number of rotatable bonds is 6. The number of likely N-dealkylation sites (tertiary alicyclic amines) is 1. The van der Waals surface area contributed by atoms with Crippen LogP contribution in [0.3, 0.4) is 0 Å². The van der Waals surface area contributed by atoms with E-state index in [4.69, 9.17) is 5.11 Å². The minimum absolute atomic E-state index is 0.259.